The average Bonchev–Trinajstić information content (AvgIpc) is 3.24. The summed E-state index contributed by atoms with van der Waals surface area (Å²) in [5.74, 6) is 0.659. The second kappa shape index (κ2) is 13.0. The Morgan fingerprint density at radius 1 is 0.972 bits per heavy atom. The zero-order valence-corrected chi connectivity index (χ0v) is 21.5. The minimum absolute atomic E-state index is 0.124. The topological polar surface area (TPSA) is 58.9 Å². The molecule has 0 amide bonds. The molecular weight excluding hydrogens is 491 g/mol. The molecule has 0 aromatic heterocycles. The lowest BCUT2D eigenvalue weighted by molar-refractivity contribution is -0.934. The monoisotopic (exact) mass is 526 g/mol. The van der Waals surface area contributed by atoms with Crippen LogP contribution in [0.1, 0.15) is 25.0 Å². The van der Waals surface area contributed by atoms with Crippen molar-refractivity contribution in [3.05, 3.63) is 76.8 Å². The van der Waals surface area contributed by atoms with Gasteiger partial charge in [-0.1, -0.05) is 54.2 Å². The maximum Gasteiger partial charge on any atom is 0.452 e. The fourth-order valence-corrected chi connectivity index (χ4v) is 6.23. The van der Waals surface area contributed by atoms with E-state index in [1.807, 2.05) is 30.3 Å². The number of aliphatic hydroxyl groups excluding tert-OH is 2. The zero-order valence-electron chi connectivity index (χ0n) is 20.7. The van der Waals surface area contributed by atoms with Gasteiger partial charge in [-0.05, 0) is 43.5 Å². The predicted molar refractivity (Wildman–Crippen MR) is 135 cm³/mol. The Morgan fingerprint density at radius 3 is 2.28 bits per heavy atom. The van der Waals surface area contributed by atoms with E-state index in [4.69, 9.17) is 9.47 Å². The average molecular weight is 527 g/mol. The first-order valence-corrected chi connectivity index (χ1v) is 13.1. The molecule has 4 unspecified atom stereocenters. The van der Waals surface area contributed by atoms with Crippen LogP contribution in [-0.2, 0) is 17.6 Å². The van der Waals surface area contributed by atoms with Gasteiger partial charge < -0.3 is 19.7 Å². The summed E-state index contributed by atoms with van der Waals surface area (Å²) >= 11 is 0.669. The van der Waals surface area contributed by atoms with Gasteiger partial charge in [-0.2, -0.15) is 13.2 Å². The zero-order chi connectivity index (χ0) is 26.2. The number of hydrogen-bond acceptors (Lipinski definition) is 5. The van der Waals surface area contributed by atoms with E-state index >= 15 is 0 Å². The van der Waals surface area contributed by atoms with Crippen LogP contribution in [-0.4, -0.2) is 71.4 Å². The summed E-state index contributed by atoms with van der Waals surface area (Å²) in [5.41, 5.74) is 2.36. The standard InChI is InChI=1S/C27H35F3NO4S/c1-20(31(13-14-32)25(21(2)33)19-36-26(31)27(28,29)30)18-23-8-10-24(11-9-23)35-17-16-34-15-12-22-6-4-3-5-7-22/h3-11,19-21,26,32-33H,12-18H2,1-2H3/q+1. The third-order valence-corrected chi connectivity index (χ3v) is 7.79. The third kappa shape index (κ3) is 7.04. The summed E-state index contributed by atoms with van der Waals surface area (Å²) in [4.78, 5) is 0. The van der Waals surface area contributed by atoms with Crippen molar-refractivity contribution in [1.82, 2.24) is 0 Å². The second-order valence-corrected chi connectivity index (χ2v) is 9.97. The third-order valence-electron chi connectivity index (χ3n) is 6.51. The number of benzene rings is 2. The van der Waals surface area contributed by atoms with E-state index in [1.54, 1.807) is 19.1 Å². The molecule has 0 saturated heterocycles. The molecule has 0 fully saturated rings. The minimum Gasteiger partial charge on any atom is -0.491 e. The van der Waals surface area contributed by atoms with Gasteiger partial charge in [0.25, 0.3) is 0 Å². The number of thioether (sulfide) groups is 1. The van der Waals surface area contributed by atoms with Crippen LogP contribution in [0, 0.1) is 0 Å². The molecule has 1 heterocycles. The summed E-state index contributed by atoms with van der Waals surface area (Å²) in [6.45, 7) is 4.14. The number of aliphatic hydroxyl groups is 2. The van der Waals surface area contributed by atoms with Crippen LogP contribution in [0.15, 0.2) is 65.7 Å². The highest BCUT2D eigenvalue weighted by Crippen LogP contribution is 2.50. The van der Waals surface area contributed by atoms with Gasteiger partial charge in [0.1, 0.15) is 30.7 Å². The largest absolute Gasteiger partial charge is 0.491 e. The van der Waals surface area contributed by atoms with Crippen molar-refractivity contribution in [3.8, 4) is 5.75 Å². The number of alkyl halides is 3. The highest BCUT2D eigenvalue weighted by molar-refractivity contribution is 8.02. The van der Waals surface area contributed by atoms with Crippen LogP contribution < -0.4 is 4.74 Å². The first kappa shape index (κ1) is 28.5. The van der Waals surface area contributed by atoms with Gasteiger partial charge in [0.15, 0.2) is 0 Å². The summed E-state index contributed by atoms with van der Waals surface area (Å²) in [5, 5.41) is 19.6. The van der Waals surface area contributed by atoms with Gasteiger partial charge in [-0.3, -0.25) is 4.48 Å². The Balaban J connectivity index is 1.56. The van der Waals surface area contributed by atoms with Gasteiger partial charge in [0.05, 0.1) is 25.9 Å². The molecule has 2 N–H and O–H groups in total. The molecular formula is C27H35F3NO4S+. The number of quaternary nitrogens is 1. The van der Waals surface area contributed by atoms with Crippen molar-refractivity contribution in [2.24, 2.45) is 0 Å². The van der Waals surface area contributed by atoms with E-state index in [2.05, 4.69) is 12.1 Å². The Hall–Kier alpha value is -2.04. The maximum atomic E-state index is 14.0. The fourth-order valence-electron chi connectivity index (χ4n) is 4.76. The van der Waals surface area contributed by atoms with E-state index in [9.17, 15) is 23.4 Å². The van der Waals surface area contributed by atoms with Crippen LogP contribution in [0.4, 0.5) is 13.2 Å². The van der Waals surface area contributed by atoms with E-state index in [0.29, 0.717) is 43.8 Å². The lowest BCUT2D eigenvalue weighted by Crippen LogP contribution is -2.64. The van der Waals surface area contributed by atoms with E-state index in [1.165, 1.54) is 17.9 Å². The van der Waals surface area contributed by atoms with Gasteiger partial charge >= 0.3 is 6.18 Å². The Bertz CT molecular complexity index is 969. The minimum atomic E-state index is -4.48. The molecule has 3 rings (SSSR count). The molecule has 198 valence electrons. The molecule has 36 heavy (non-hydrogen) atoms. The quantitative estimate of drug-likeness (QED) is 0.287. The van der Waals surface area contributed by atoms with Crippen molar-refractivity contribution < 1.29 is 37.3 Å². The van der Waals surface area contributed by atoms with Crippen LogP contribution >= 0.6 is 11.8 Å². The number of rotatable bonds is 13. The van der Waals surface area contributed by atoms with Crippen molar-refractivity contribution in [3.63, 3.8) is 0 Å². The lowest BCUT2D eigenvalue weighted by atomic mass is 10.0. The Labute approximate surface area is 215 Å². The van der Waals surface area contributed by atoms with Crippen molar-refractivity contribution in [1.29, 1.82) is 0 Å². The molecule has 1 aliphatic rings. The SMILES string of the molecule is CC(O)C1=CSC(C(F)(F)F)[N+]1(CCO)C(C)Cc1ccc(OCCOCCc2ccccc2)cc1. The number of ether oxygens (including phenoxy) is 2. The summed E-state index contributed by atoms with van der Waals surface area (Å²) in [6, 6.07) is 16.9. The van der Waals surface area contributed by atoms with Crippen LogP contribution in [0.25, 0.3) is 0 Å². The van der Waals surface area contributed by atoms with E-state index in [-0.39, 0.29) is 12.2 Å². The number of nitrogens with zero attached hydrogens (tertiary/aromatic N) is 1. The van der Waals surface area contributed by atoms with Crippen LogP contribution in [0.5, 0.6) is 5.75 Å². The normalized spacial score (nSPS) is 21.8. The van der Waals surface area contributed by atoms with Gasteiger partial charge in [0, 0.05) is 11.8 Å². The molecule has 0 bridgehead atoms. The van der Waals surface area contributed by atoms with Crippen molar-refractivity contribution >= 4 is 11.8 Å². The van der Waals surface area contributed by atoms with Gasteiger partial charge in [0.2, 0.25) is 5.37 Å². The molecule has 0 spiro atoms. The Morgan fingerprint density at radius 2 is 1.67 bits per heavy atom. The Kier molecular flexibility index (Phi) is 10.3. The molecule has 2 aromatic carbocycles. The predicted octanol–water partition coefficient (Wildman–Crippen LogP) is 4.92. The van der Waals surface area contributed by atoms with Gasteiger partial charge in [-0.25, -0.2) is 0 Å². The highest BCUT2D eigenvalue weighted by Gasteiger charge is 2.62. The first-order valence-electron chi connectivity index (χ1n) is 12.1. The summed E-state index contributed by atoms with van der Waals surface area (Å²) in [6.07, 6.45) is -4.35. The molecule has 1 aliphatic heterocycles. The molecule has 0 aliphatic carbocycles. The number of halogens is 3. The second-order valence-electron chi connectivity index (χ2n) is 9.02. The first-order chi connectivity index (χ1) is 17.2. The van der Waals surface area contributed by atoms with E-state index in [0.717, 1.165) is 12.0 Å². The summed E-state index contributed by atoms with van der Waals surface area (Å²) in [7, 11) is 0. The summed E-state index contributed by atoms with van der Waals surface area (Å²) < 4.78 is 52.8. The molecule has 5 nitrogen and oxygen atoms in total. The maximum absolute atomic E-state index is 14.0. The molecule has 0 saturated carbocycles. The van der Waals surface area contributed by atoms with E-state index < -0.39 is 34.8 Å². The van der Waals surface area contributed by atoms with Gasteiger partial charge in [-0.15, -0.1) is 0 Å². The molecule has 2 aromatic rings. The van der Waals surface area contributed by atoms with Crippen molar-refractivity contribution in [2.75, 3.05) is 33.0 Å². The lowest BCUT2D eigenvalue weighted by Gasteiger charge is -2.46. The van der Waals surface area contributed by atoms with Crippen LogP contribution in [0.3, 0.4) is 0 Å². The fraction of sp³-hybridized carbons (Fsp3) is 0.481. The molecule has 0 radical (unpaired) electrons. The van der Waals surface area contributed by atoms with Crippen LogP contribution in [0.2, 0.25) is 0 Å². The smallest absolute Gasteiger partial charge is 0.452 e. The molecule has 9 heteroatoms. The van der Waals surface area contributed by atoms with Crippen molar-refractivity contribution in [2.45, 2.75) is 50.4 Å². The highest BCUT2D eigenvalue weighted by atomic mass is 32.2. The number of hydrogen-bond donors (Lipinski definition) is 2. The molecule has 4 atom stereocenters.